The van der Waals surface area contributed by atoms with Gasteiger partial charge in [-0.05, 0) is 49.1 Å². The van der Waals surface area contributed by atoms with Crippen LogP contribution in [0.4, 0.5) is 11.4 Å². The monoisotopic (exact) mass is 395 g/mol. The summed E-state index contributed by atoms with van der Waals surface area (Å²) < 4.78 is 5.41. The minimum absolute atomic E-state index is 0.0196. The topological polar surface area (TPSA) is 53.6 Å². The summed E-state index contributed by atoms with van der Waals surface area (Å²) in [4.78, 5) is 15.1. The molecule has 2 atom stereocenters. The lowest BCUT2D eigenvalue weighted by atomic mass is 9.96. The molecule has 1 amide bonds. The Bertz CT molecular complexity index is 755. The number of nitrogens with one attached hydrogen (secondary N) is 2. The molecule has 29 heavy (non-hydrogen) atoms. The van der Waals surface area contributed by atoms with Crippen LogP contribution in [0.15, 0.2) is 54.6 Å². The quantitative estimate of drug-likeness (QED) is 0.702. The summed E-state index contributed by atoms with van der Waals surface area (Å²) in [6.45, 7) is 9.68. The number of morpholine rings is 1. The smallest absolute Gasteiger partial charge is 0.241 e. The normalized spacial score (nSPS) is 16.5. The van der Waals surface area contributed by atoms with Crippen molar-refractivity contribution >= 4 is 17.3 Å². The Balaban J connectivity index is 1.58. The average molecular weight is 396 g/mol. The van der Waals surface area contributed by atoms with E-state index < -0.39 is 0 Å². The number of anilines is 2. The molecule has 1 aliphatic heterocycles. The minimum atomic E-state index is -0.294. The van der Waals surface area contributed by atoms with Gasteiger partial charge in [-0.15, -0.1) is 0 Å². The van der Waals surface area contributed by atoms with Gasteiger partial charge >= 0.3 is 0 Å². The Kier molecular flexibility index (Phi) is 7.67. The minimum Gasteiger partial charge on any atom is -0.378 e. The number of hydrogen-bond donors (Lipinski definition) is 2. The van der Waals surface area contributed by atoms with Crippen LogP contribution in [-0.4, -0.2) is 38.3 Å². The maximum absolute atomic E-state index is 12.8. The lowest BCUT2D eigenvalue weighted by molar-refractivity contribution is -0.118. The van der Waals surface area contributed by atoms with Crippen molar-refractivity contribution in [1.29, 1.82) is 0 Å². The molecule has 2 aromatic rings. The summed E-state index contributed by atoms with van der Waals surface area (Å²) in [6.07, 6.45) is 0.982. The molecule has 0 spiro atoms. The molecule has 2 N–H and O–H groups in total. The van der Waals surface area contributed by atoms with Crippen LogP contribution in [0, 0.1) is 5.92 Å². The van der Waals surface area contributed by atoms with E-state index in [9.17, 15) is 4.79 Å². The van der Waals surface area contributed by atoms with Crippen molar-refractivity contribution in [2.75, 3.05) is 36.5 Å². The third kappa shape index (κ3) is 6.31. The van der Waals surface area contributed by atoms with E-state index >= 15 is 0 Å². The highest BCUT2D eigenvalue weighted by molar-refractivity contribution is 5.94. The zero-order valence-corrected chi connectivity index (χ0v) is 17.7. The van der Waals surface area contributed by atoms with E-state index in [1.165, 1.54) is 11.3 Å². The van der Waals surface area contributed by atoms with Gasteiger partial charge in [0.25, 0.3) is 0 Å². The van der Waals surface area contributed by atoms with Crippen molar-refractivity contribution in [3.8, 4) is 0 Å². The molecule has 3 rings (SSSR count). The highest BCUT2D eigenvalue weighted by Crippen LogP contribution is 2.22. The molecule has 0 aromatic heterocycles. The van der Waals surface area contributed by atoms with Gasteiger partial charge in [-0.25, -0.2) is 0 Å². The number of carbonyl (C=O) groups is 1. The third-order valence-corrected chi connectivity index (χ3v) is 5.26. The molecule has 5 nitrogen and oxygen atoms in total. The van der Waals surface area contributed by atoms with Gasteiger partial charge in [0.15, 0.2) is 0 Å². The predicted octanol–water partition coefficient (Wildman–Crippen LogP) is 4.23. The Labute approximate surface area is 174 Å². The van der Waals surface area contributed by atoms with Crippen LogP contribution in [0.5, 0.6) is 0 Å². The van der Waals surface area contributed by atoms with E-state index in [1.807, 2.05) is 37.3 Å². The maximum atomic E-state index is 12.8. The molecule has 1 heterocycles. The number of benzene rings is 2. The molecule has 156 valence electrons. The van der Waals surface area contributed by atoms with E-state index in [1.54, 1.807) is 0 Å². The summed E-state index contributed by atoms with van der Waals surface area (Å²) in [6, 6.07) is 18.3. The number of nitrogens with zero attached hydrogens (tertiary/aromatic N) is 1. The Morgan fingerprint density at radius 2 is 1.66 bits per heavy atom. The third-order valence-electron chi connectivity index (χ3n) is 5.26. The van der Waals surface area contributed by atoms with Crippen molar-refractivity contribution in [2.45, 2.75) is 39.3 Å². The first kappa shape index (κ1) is 21.3. The lowest BCUT2D eigenvalue weighted by Gasteiger charge is -2.29. The first-order valence-corrected chi connectivity index (χ1v) is 10.6. The number of hydrogen-bond acceptors (Lipinski definition) is 4. The van der Waals surface area contributed by atoms with E-state index in [0.29, 0.717) is 5.92 Å². The second-order valence-electron chi connectivity index (χ2n) is 8.12. The zero-order valence-electron chi connectivity index (χ0n) is 17.7. The van der Waals surface area contributed by atoms with Crippen LogP contribution in [-0.2, 0) is 9.53 Å². The second-order valence-corrected chi connectivity index (χ2v) is 8.12. The SMILES string of the molecule is CC(C)C[C@@H](N[C@H](C)C(=O)Nc1ccc(N2CCOCC2)cc1)c1ccccc1. The summed E-state index contributed by atoms with van der Waals surface area (Å²) in [5, 5.41) is 6.55. The van der Waals surface area contributed by atoms with Crippen molar-refractivity contribution in [2.24, 2.45) is 5.92 Å². The van der Waals surface area contributed by atoms with Crippen LogP contribution in [0.1, 0.15) is 38.8 Å². The number of ether oxygens (including phenoxy) is 1. The van der Waals surface area contributed by atoms with Gasteiger partial charge < -0.3 is 15.0 Å². The summed E-state index contributed by atoms with van der Waals surface area (Å²) in [7, 11) is 0. The number of amides is 1. The van der Waals surface area contributed by atoms with Gasteiger partial charge in [-0.1, -0.05) is 44.2 Å². The van der Waals surface area contributed by atoms with Gasteiger partial charge in [0.05, 0.1) is 19.3 Å². The predicted molar refractivity (Wildman–Crippen MR) is 119 cm³/mol. The zero-order chi connectivity index (χ0) is 20.6. The molecular formula is C24H33N3O2. The van der Waals surface area contributed by atoms with E-state index in [-0.39, 0.29) is 18.0 Å². The molecule has 5 heteroatoms. The van der Waals surface area contributed by atoms with Gasteiger partial charge in [0, 0.05) is 30.5 Å². The highest BCUT2D eigenvalue weighted by atomic mass is 16.5. The van der Waals surface area contributed by atoms with Crippen LogP contribution in [0.2, 0.25) is 0 Å². The van der Waals surface area contributed by atoms with Gasteiger partial charge in [0.1, 0.15) is 0 Å². The number of rotatable bonds is 8. The van der Waals surface area contributed by atoms with Gasteiger partial charge in [-0.2, -0.15) is 0 Å². The fourth-order valence-electron chi connectivity index (χ4n) is 3.66. The van der Waals surface area contributed by atoms with Gasteiger partial charge in [-0.3, -0.25) is 10.1 Å². The van der Waals surface area contributed by atoms with E-state index in [4.69, 9.17) is 4.74 Å². The van der Waals surface area contributed by atoms with Crippen molar-refractivity contribution in [3.63, 3.8) is 0 Å². The van der Waals surface area contributed by atoms with Crippen LogP contribution < -0.4 is 15.5 Å². The van der Waals surface area contributed by atoms with Crippen LogP contribution in [0.25, 0.3) is 0 Å². The van der Waals surface area contributed by atoms with Gasteiger partial charge in [0.2, 0.25) is 5.91 Å². The van der Waals surface area contributed by atoms with Crippen LogP contribution in [0.3, 0.4) is 0 Å². The number of carbonyl (C=O) groups excluding carboxylic acids is 1. The lowest BCUT2D eigenvalue weighted by Crippen LogP contribution is -2.40. The van der Waals surface area contributed by atoms with Crippen molar-refractivity contribution in [3.05, 3.63) is 60.2 Å². The summed E-state index contributed by atoms with van der Waals surface area (Å²) in [5.41, 5.74) is 3.20. The largest absolute Gasteiger partial charge is 0.378 e. The first-order valence-electron chi connectivity index (χ1n) is 10.6. The van der Waals surface area contributed by atoms with Crippen molar-refractivity contribution < 1.29 is 9.53 Å². The molecule has 1 aliphatic rings. The average Bonchev–Trinajstić information content (AvgIpc) is 2.74. The molecule has 0 bridgehead atoms. The van der Waals surface area contributed by atoms with Crippen molar-refractivity contribution in [1.82, 2.24) is 5.32 Å². The molecule has 2 aromatic carbocycles. The van der Waals surface area contributed by atoms with Crippen LogP contribution >= 0.6 is 0 Å². The molecule has 0 unspecified atom stereocenters. The fraction of sp³-hybridized carbons (Fsp3) is 0.458. The first-order chi connectivity index (χ1) is 14.0. The molecule has 1 saturated heterocycles. The Morgan fingerprint density at radius 3 is 2.28 bits per heavy atom. The standard InChI is InChI=1S/C24H33N3O2/c1-18(2)17-23(20-7-5-4-6-8-20)25-19(3)24(28)26-21-9-11-22(12-10-21)27-13-15-29-16-14-27/h4-12,18-19,23,25H,13-17H2,1-3H3,(H,26,28)/t19-,23-/m1/s1. The molecule has 0 saturated carbocycles. The van der Waals surface area contributed by atoms with E-state index in [2.05, 4.69) is 53.6 Å². The molecular weight excluding hydrogens is 362 g/mol. The van der Waals surface area contributed by atoms with E-state index in [0.717, 1.165) is 38.4 Å². The maximum Gasteiger partial charge on any atom is 0.241 e. The molecule has 1 fully saturated rings. The second kappa shape index (κ2) is 10.4. The molecule has 0 radical (unpaired) electrons. The highest BCUT2D eigenvalue weighted by Gasteiger charge is 2.20. The Morgan fingerprint density at radius 1 is 1.00 bits per heavy atom. The fourth-order valence-corrected chi connectivity index (χ4v) is 3.66. The summed E-state index contributed by atoms with van der Waals surface area (Å²) in [5.74, 6) is 0.518. The molecule has 0 aliphatic carbocycles. The Hall–Kier alpha value is -2.37. The summed E-state index contributed by atoms with van der Waals surface area (Å²) >= 11 is 0.